The van der Waals surface area contributed by atoms with Gasteiger partial charge in [0.1, 0.15) is 11.6 Å². The smallest absolute Gasteiger partial charge is 0.310 e. The van der Waals surface area contributed by atoms with Crippen LogP contribution in [0.1, 0.15) is 19.8 Å². The number of benzene rings is 2. The van der Waals surface area contributed by atoms with E-state index in [4.69, 9.17) is 32.0 Å². The number of fused-ring (bicyclic) bond motifs is 1. The van der Waals surface area contributed by atoms with E-state index in [1.165, 1.54) is 12.1 Å². The summed E-state index contributed by atoms with van der Waals surface area (Å²) in [6, 6.07) is 13.2. The standard InChI is InChI=1S/C25H24ClFN6O2/c1-2-35-24(34)16-4-3-13-32(14-16)25-29-21(15-5-9-18(27)10-6-15)20-22(28)33(31-23(20)30-25)19-11-7-17(26)8-12-19/h5-12,16H,2-4,13-14,28H2,1H3. The van der Waals surface area contributed by atoms with E-state index in [9.17, 15) is 9.18 Å². The summed E-state index contributed by atoms with van der Waals surface area (Å²) < 4.78 is 20.5. The van der Waals surface area contributed by atoms with Gasteiger partial charge in [-0.25, -0.2) is 14.1 Å². The first-order valence-corrected chi connectivity index (χ1v) is 11.8. The molecule has 2 N–H and O–H groups in total. The first-order chi connectivity index (χ1) is 16.9. The maximum Gasteiger partial charge on any atom is 0.310 e. The zero-order valence-electron chi connectivity index (χ0n) is 19.1. The Balaban J connectivity index is 1.63. The molecular formula is C25H24ClFN6O2. The number of aromatic nitrogens is 4. The van der Waals surface area contributed by atoms with Gasteiger partial charge in [-0.3, -0.25) is 4.79 Å². The summed E-state index contributed by atoms with van der Waals surface area (Å²) in [6.45, 7) is 3.28. The van der Waals surface area contributed by atoms with Crippen LogP contribution in [-0.4, -0.2) is 45.4 Å². The molecule has 5 rings (SSSR count). The molecule has 0 spiro atoms. The number of esters is 1. The van der Waals surface area contributed by atoms with E-state index in [-0.39, 0.29) is 17.7 Å². The summed E-state index contributed by atoms with van der Waals surface area (Å²) in [7, 11) is 0. The monoisotopic (exact) mass is 494 g/mol. The van der Waals surface area contributed by atoms with Crippen molar-refractivity contribution in [3.8, 4) is 16.9 Å². The Morgan fingerprint density at radius 2 is 1.91 bits per heavy atom. The Kier molecular flexibility index (Phi) is 6.25. The molecule has 0 saturated carbocycles. The normalized spacial score (nSPS) is 16.0. The second kappa shape index (κ2) is 9.50. The van der Waals surface area contributed by atoms with Gasteiger partial charge in [0, 0.05) is 23.7 Å². The van der Waals surface area contributed by atoms with Crippen molar-refractivity contribution >= 4 is 40.4 Å². The number of ether oxygens (including phenoxy) is 1. The molecule has 1 aliphatic rings. The molecule has 1 unspecified atom stereocenters. The number of rotatable bonds is 5. The van der Waals surface area contributed by atoms with Crippen LogP contribution in [0.5, 0.6) is 0 Å². The fourth-order valence-corrected chi connectivity index (χ4v) is 4.47. The Bertz CT molecular complexity index is 1370. The fourth-order valence-electron chi connectivity index (χ4n) is 4.35. The predicted molar refractivity (Wildman–Crippen MR) is 133 cm³/mol. The number of piperidine rings is 1. The minimum absolute atomic E-state index is 0.215. The summed E-state index contributed by atoms with van der Waals surface area (Å²) in [5.41, 5.74) is 8.89. The molecule has 0 aliphatic carbocycles. The van der Waals surface area contributed by atoms with Crippen LogP contribution in [0.4, 0.5) is 16.2 Å². The highest BCUT2D eigenvalue weighted by atomic mass is 35.5. The summed E-state index contributed by atoms with van der Waals surface area (Å²) in [6.07, 6.45) is 1.55. The van der Waals surface area contributed by atoms with E-state index < -0.39 is 0 Å². The quantitative estimate of drug-likeness (QED) is 0.403. The van der Waals surface area contributed by atoms with Gasteiger partial charge in [-0.15, -0.1) is 5.10 Å². The van der Waals surface area contributed by atoms with Crippen molar-refractivity contribution in [2.75, 3.05) is 30.3 Å². The van der Waals surface area contributed by atoms with Gasteiger partial charge < -0.3 is 15.4 Å². The molecule has 35 heavy (non-hydrogen) atoms. The summed E-state index contributed by atoms with van der Waals surface area (Å²) in [4.78, 5) is 23.9. The van der Waals surface area contributed by atoms with Gasteiger partial charge in [0.2, 0.25) is 5.95 Å². The molecule has 1 atom stereocenters. The van der Waals surface area contributed by atoms with E-state index in [0.717, 1.165) is 18.5 Å². The molecule has 2 aromatic carbocycles. The lowest BCUT2D eigenvalue weighted by Crippen LogP contribution is -2.40. The van der Waals surface area contributed by atoms with Crippen LogP contribution in [0.25, 0.3) is 28.0 Å². The Morgan fingerprint density at radius 1 is 1.17 bits per heavy atom. The molecule has 0 radical (unpaired) electrons. The van der Waals surface area contributed by atoms with E-state index in [0.29, 0.717) is 58.8 Å². The first-order valence-electron chi connectivity index (χ1n) is 11.4. The van der Waals surface area contributed by atoms with Crippen LogP contribution in [0.15, 0.2) is 48.5 Å². The largest absolute Gasteiger partial charge is 0.466 e. The van der Waals surface area contributed by atoms with Gasteiger partial charge in [0.25, 0.3) is 0 Å². The molecule has 1 saturated heterocycles. The van der Waals surface area contributed by atoms with Crippen molar-refractivity contribution in [1.82, 2.24) is 19.7 Å². The van der Waals surface area contributed by atoms with Gasteiger partial charge in [0.15, 0.2) is 5.65 Å². The van der Waals surface area contributed by atoms with E-state index in [1.54, 1.807) is 35.9 Å². The summed E-state index contributed by atoms with van der Waals surface area (Å²) >= 11 is 6.04. The molecular weight excluding hydrogens is 471 g/mol. The number of anilines is 2. The van der Waals surface area contributed by atoms with Gasteiger partial charge in [-0.05, 0) is 68.3 Å². The maximum absolute atomic E-state index is 13.7. The second-order valence-corrected chi connectivity index (χ2v) is 8.82. The van der Waals surface area contributed by atoms with E-state index >= 15 is 0 Å². The summed E-state index contributed by atoms with van der Waals surface area (Å²) in [5.74, 6) is -0.0255. The molecule has 180 valence electrons. The third kappa shape index (κ3) is 4.51. The topological polar surface area (TPSA) is 99.2 Å². The van der Waals surface area contributed by atoms with Crippen LogP contribution in [0, 0.1) is 11.7 Å². The number of nitrogens with two attached hydrogens (primary N) is 1. The molecule has 1 fully saturated rings. The van der Waals surface area contributed by atoms with Gasteiger partial charge in [-0.1, -0.05) is 11.6 Å². The number of nitrogen functional groups attached to an aromatic ring is 1. The third-order valence-corrected chi connectivity index (χ3v) is 6.32. The number of hydrogen-bond acceptors (Lipinski definition) is 7. The highest BCUT2D eigenvalue weighted by Gasteiger charge is 2.29. The Hall–Kier alpha value is -3.72. The molecule has 4 aromatic rings. The van der Waals surface area contributed by atoms with Gasteiger partial charge >= 0.3 is 5.97 Å². The van der Waals surface area contributed by atoms with E-state index in [2.05, 4.69) is 5.10 Å². The minimum Gasteiger partial charge on any atom is -0.466 e. The number of nitrogens with zero attached hydrogens (tertiary/aromatic N) is 5. The zero-order chi connectivity index (χ0) is 24.5. The number of carbonyl (C=O) groups excluding carboxylic acids is 1. The molecule has 2 aromatic heterocycles. The van der Waals surface area contributed by atoms with Crippen molar-refractivity contribution in [2.24, 2.45) is 5.92 Å². The summed E-state index contributed by atoms with van der Waals surface area (Å²) in [5, 5.41) is 5.82. The zero-order valence-corrected chi connectivity index (χ0v) is 19.9. The van der Waals surface area contributed by atoms with Crippen LogP contribution in [-0.2, 0) is 9.53 Å². The SMILES string of the molecule is CCOC(=O)C1CCCN(c2nc(-c3ccc(F)cc3)c3c(N)n(-c4ccc(Cl)cc4)nc3n2)C1. The van der Waals surface area contributed by atoms with Gasteiger partial charge in [-0.2, -0.15) is 4.98 Å². The fraction of sp³-hybridized carbons (Fsp3) is 0.280. The highest BCUT2D eigenvalue weighted by molar-refractivity contribution is 6.30. The molecule has 0 amide bonds. The van der Waals surface area contributed by atoms with Crippen LogP contribution >= 0.6 is 11.6 Å². The molecule has 3 heterocycles. The molecule has 1 aliphatic heterocycles. The van der Waals surface area contributed by atoms with Crippen molar-refractivity contribution in [3.63, 3.8) is 0 Å². The lowest BCUT2D eigenvalue weighted by Gasteiger charge is -2.31. The number of halogens is 2. The average molecular weight is 495 g/mol. The van der Waals surface area contributed by atoms with Crippen molar-refractivity contribution in [2.45, 2.75) is 19.8 Å². The molecule has 8 nitrogen and oxygen atoms in total. The van der Waals surface area contributed by atoms with Crippen molar-refractivity contribution in [1.29, 1.82) is 0 Å². The van der Waals surface area contributed by atoms with Crippen LogP contribution in [0.2, 0.25) is 5.02 Å². The predicted octanol–water partition coefficient (Wildman–Crippen LogP) is 4.64. The average Bonchev–Trinajstić information content (AvgIpc) is 3.21. The second-order valence-electron chi connectivity index (χ2n) is 8.39. The van der Waals surface area contributed by atoms with Crippen molar-refractivity contribution in [3.05, 3.63) is 59.4 Å². The first kappa shape index (κ1) is 23.0. The van der Waals surface area contributed by atoms with Gasteiger partial charge in [0.05, 0.1) is 29.3 Å². The van der Waals surface area contributed by atoms with Crippen molar-refractivity contribution < 1.29 is 13.9 Å². The van der Waals surface area contributed by atoms with E-state index in [1.807, 2.05) is 17.0 Å². The Labute approximate surface area is 206 Å². The molecule has 10 heteroatoms. The lowest BCUT2D eigenvalue weighted by molar-refractivity contribution is -0.148. The van der Waals surface area contributed by atoms with Crippen LogP contribution in [0.3, 0.4) is 0 Å². The number of hydrogen-bond donors (Lipinski definition) is 1. The van der Waals surface area contributed by atoms with Crippen LogP contribution < -0.4 is 10.6 Å². The minimum atomic E-state index is -0.350. The molecule has 0 bridgehead atoms. The number of carbonyl (C=O) groups is 1. The Morgan fingerprint density at radius 3 is 2.63 bits per heavy atom. The third-order valence-electron chi connectivity index (χ3n) is 6.07. The maximum atomic E-state index is 13.7. The lowest BCUT2D eigenvalue weighted by atomic mass is 9.98. The highest BCUT2D eigenvalue weighted by Crippen LogP contribution is 2.34.